The lowest BCUT2D eigenvalue weighted by molar-refractivity contribution is 0.588. The van der Waals surface area contributed by atoms with Crippen LogP contribution in [0.4, 0.5) is 4.39 Å². The number of halogens is 1. The van der Waals surface area contributed by atoms with Crippen LogP contribution in [0.15, 0.2) is 18.2 Å². The highest BCUT2D eigenvalue weighted by Gasteiger charge is 2.23. The maximum atomic E-state index is 13.4. The number of benzene rings is 1. The van der Waals surface area contributed by atoms with Crippen molar-refractivity contribution >= 4 is 11.5 Å². The first kappa shape index (κ1) is 16.0. The zero-order valence-electron chi connectivity index (χ0n) is 13.0. The molecule has 0 aliphatic heterocycles. The molecule has 21 heavy (non-hydrogen) atoms. The number of hydrogen-bond donors (Lipinski definition) is 1. The summed E-state index contributed by atoms with van der Waals surface area (Å²) in [5, 5.41) is 7.82. The molecule has 114 valence electrons. The average Bonchev–Trinajstić information content (AvgIpc) is 2.90. The molecule has 0 fully saturated rings. The maximum Gasteiger partial charge on any atom is 0.123 e. The van der Waals surface area contributed by atoms with E-state index >= 15 is 0 Å². The van der Waals surface area contributed by atoms with Gasteiger partial charge < -0.3 is 5.32 Å². The summed E-state index contributed by atoms with van der Waals surface area (Å²) in [6.45, 7) is 9.22. The van der Waals surface area contributed by atoms with E-state index in [2.05, 4.69) is 35.7 Å². The Kier molecular flexibility index (Phi) is 5.42. The van der Waals surface area contributed by atoms with Gasteiger partial charge in [0.25, 0.3) is 0 Å². The smallest absolute Gasteiger partial charge is 0.123 e. The second-order valence-electron chi connectivity index (χ2n) is 5.57. The van der Waals surface area contributed by atoms with E-state index in [4.69, 9.17) is 0 Å². The molecule has 0 bridgehead atoms. The van der Waals surface area contributed by atoms with E-state index in [1.807, 2.05) is 13.0 Å². The maximum absolute atomic E-state index is 13.4. The third kappa shape index (κ3) is 3.66. The molecule has 0 aliphatic rings. The lowest BCUT2D eigenvalue weighted by Gasteiger charge is -2.21. The fourth-order valence-corrected chi connectivity index (χ4v) is 3.30. The van der Waals surface area contributed by atoms with Crippen LogP contribution in [-0.2, 0) is 0 Å². The first-order valence-electron chi connectivity index (χ1n) is 7.36. The summed E-state index contributed by atoms with van der Waals surface area (Å²) in [6.07, 6.45) is 1.04. The van der Waals surface area contributed by atoms with Gasteiger partial charge in [0, 0.05) is 0 Å². The second-order valence-corrected chi connectivity index (χ2v) is 6.35. The molecule has 1 heterocycles. The van der Waals surface area contributed by atoms with E-state index in [9.17, 15) is 4.39 Å². The van der Waals surface area contributed by atoms with Crippen LogP contribution in [0.5, 0.6) is 0 Å². The molecule has 0 amide bonds. The van der Waals surface area contributed by atoms with Crippen molar-refractivity contribution in [2.75, 3.05) is 6.54 Å². The monoisotopic (exact) mass is 307 g/mol. The van der Waals surface area contributed by atoms with Crippen LogP contribution in [-0.4, -0.2) is 16.1 Å². The Morgan fingerprint density at radius 2 is 2.10 bits per heavy atom. The van der Waals surface area contributed by atoms with Gasteiger partial charge in [0.15, 0.2) is 0 Å². The molecule has 5 heteroatoms. The van der Waals surface area contributed by atoms with Gasteiger partial charge in [-0.15, -0.1) is 5.10 Å². The van der Waals surface area contributed by atoms with Crippen LogP contribution in [0.2, 0.25) is 0 Å². The van der Waals surface area contributed by atoms with E-state index < -0.39 is 0 Å². The van der Waals surface area contributed by atoms with Crippen LogP contribution >= 0.6 is 11.5 Å². The van der Waals surface area contributed by atoms with Gasteiger partial charge in [-0.3, -0.25) is 0 Å². The van der Waals surface area contributed by atoms with E-state index in [1.165, 1.54) is 17.6 Å². The highest BCUT2D eigenvalue weighted by atomic mass is 32.1. The summed E-state index contributed by atoms with van der Waals surface area (Å²) in [4.78, 5) is 1.13. The SMILES string of the molecule is CCCNC(c1ccc(F)cc1C)c1snnc1C(C)C. The van der Waals surface area contributed by atoms with Crippen molar-refractivity contribution in [3.05, 3.63) is 45.7 Å². The van der Waals surface area contributed by atoms with Crippen LogP contribution in [0.1, 0.15) is 60.8 Å². The lowest BCUT2D eigenvalue weighted by atomic mass is 9.96. The topological polar surface area (TPSA) is 37.8 Å². The molecule has 1 aromatic carbocycles. The first-order chi connectivity index (χ1) is 10.0. The molecule has 0 saturated carbocycles. The normalized spacial score (nSPS) is 12.9. The van der Waals surface area contributed by atoms with Crippen molar-refractivity contribution in [2.24, 2.45) is 0 Å². The van der Waals surface area contributed by atoms with Crippen LogP contribution in [0.3, 0.4) is 0 Å². The van der Waals surface area contributed by atoms with Crippen LogP contribution < -0.4 is 5.32 Å². The van der Waals surface area contributed by atoms with Crippen molar-refractivity contribution in [1.29, 1.82) is 0 Å². The van der Waals surface area contributed by atoms with E-state index in [-0.39, 0.29) is 11.9 Å². The van der Waals surface area contributed by atoms with Crippen molar-refractivity contribution in [2.45, 2.75) is 46.1 Å². The summed E-state index contributed by atoms with van der Waals surface area (Å²) < 4.78 is 17.5. The minimum Gasteiger partial charge on any atom is -0.305 e. The van der Waals surface area contributed by atoms with Crippen LogP contribution in [0.25, 0.3) is 0 Å². The molecule has 2 aromatic rings. The van der Waals surface area contributed by atoms with E-state index in [0.717, 1.165) is 34.7 Å². The fraction of sp³-hybridized carbons (Fsp3) is 0.500. The number of nitrogens with one attached hydrogen (secondary N) is 1. The highest BCUT2D eigenvalue weighted by Crippen LogP contribution is 2.32. The Morgan fingerprint density at radius 1 is 1.33 bits per heavy atom. The summed E-state index contributed by atoms with van der Waals surface area (Å²) in [7, 11) is 0. The predicted molar refractivity (Wildman–Crippen MR) is 85.3 cm³/mol. The largest absolute Gasteiger partial charge is 0.305 e. The molecule has 1 unspecified atom stereocenters. The molecule has 1 N–H and O–H groups in total. The first-order valence-corrected chi connectivity index (χ1v) is 8.13. The molecular weight excluding hydrogens is 285 g/mol. The Morgan fingerprint density at radius 3 is 2.71 bits per heavy atom. The zero-order valence-corrected chi connectivity index (χ0v) is 13.8. The van der Waals surface area contributed by atoms with Crippen LogP contribution in [0, 0.1) is 12.7 Å². The van der Waals surface area contributed by atoms with Crippen molar-refractivity contribution in [3.8, 4) is 0 Å². The molecular formula is C16H22FN3S. The Hall–Kier alpha value is -1.33. The van der Waals surface area contributed by atoms with Gasteiger partial charge in [-0.05, 0) is 60.6 Å². The van der Waals surface area contributed by atoms with Gasteiger partial charge in [-0.1, -0.05) is 31.3 Å². The van der Waals surface area contributed by atoms with E-state index in [0.29, 0.717) is 5.92 Å². The van der Waals surface area contributed by atoms with Gasteiger partial charge in [0.1, 0.15) is 5.82 Å². The molecule has 0 radical (unpaired) electrons. The van der Waals surface area contributed by atoms with Crippen molar-refractivity contribution < 1.29 is 4.39 Å². The highest BCUT2D eigenvalue weighted by molar-refractivity contribution is 7.05. The lowest BCUT2D eigenvalue weighted by Crippen LogP contribution is -2.24. The quantitative estimate of drug-likeness (QED) is 0.869. The van der Waals surface area contributed by atoms with Gasteiger partial charge >= 0.3 is 0 Å². The Balaban J connectivity index is 2.44. The van der Waals surface area contributed by atoms with Gasteiger partial charge in [-0.2, -0.15) is 0 Å². The number of aromatic nitrogens is 2. The molecule has 1 atom stereocenters. The summed E-state index contributed by atoms with van der Waals surface area (Å²) in [5.41, 5.74) is 3.07. The summed E-state index contributed by atoms with van der Waals surface area (Å²) in [5.74, 6) is 0.127. The summed E-state index contributed by atoms with van der Waals surface area (Å²) >= 11 is 1.43. The van der Waals surface area contributed by atoms with Crippen molar-refractivity contribution in [3.63, 3.8) is 0 Å². The Bertz CT molecular complexity index is 595. The molecule has 0 spiro atoms. The minimum absolute atomic E-state index is 0.0305. The number of aryl methyl sites for hydroxylation is 1. The molecule has 0 aliphatic carbocycles. The molecule has 3 nitrogen and oxygen atoms in total. The van der Waals surface area contributed by atoms with Gasteiger partial charge in [-0.25, -0.2) is 4.39 Å². The molecule has 2 rings (SSSR count). The number of rotatable bonds is 6. The third-order valence-electron chi connectivity index (χ3n) is 3.49. The second kappa shape index (κ2) is 7.09. The molecule has 1 aromatic heterocycles. The average molecular weight is 307 g/mol. The predicted octanol–water partition coefficient (Wildman–Crippen LogP) is 4.20. The number of hydrogen-bond acceptors (Lipinski definition) is 4. The number of nitrogens with zero attached hydrogens (tertiary/aromatic N) is 2. The van der Waals surface area contributed by atoms with E-state index in [1.54, 1.807) is 6.07 Å². The fourth-order valence-electron chi connectivity index (χ4n) is 2.40. The van der Waals surface area contributed by atoms with Gasteiger partial charge in [0.05, 0.1) is 16.6 Å². The third-order valence-corrected chi connectivity index (χ3v) is 4.30. The zero-order chi connectivity index (χ0) is 15.4. The minimum atomic E-state index is -0.197. The Labute approximate surface area is 129 Å². The molecule has 0 saturated heterocycles. The summed E-state index contributed by atoms with van der Waals surface area (Å²) in [6, 6.07) is 5.00. The van der Waals surface area contributed by atoms with Gasteiger partial charge in [0.2, 0.25) is 0 Å². The standard InChI is InChI=1S/C16H22FN3S/c1-5-8-18-15(13-7-6-12(17)9-11(13)4)16-14(10(2)3)19-20-21-16/h6-7,9-10,15,18H,5,8H2,1-4H3. The van der Waals surface area contributed by atoms with Crippen molar-refractivity contribution in [1.82, 2.24) is 14.9 Å².